The summed E-state index contributed by atoms with van der Waals surface area (Å²) in [7, 11) is -1.34. The van der Waals surface area contributed by atoms with Crippen molar-refractivity contribution in [2.24, 2.45) is 0 Å². The zero-order valence-electron chi connectivity index (χ0n) is 33.0. The number of anilines is 2. The summed E-state index contributed by atoms with van der Waals surface area (Å²) in [5, 5.41) is 23.2. The molecule has 0 unspecified atom stereocenters. The Bertz CT molecular complexity index is 2530. The van der Waals surface area contributed by atoms with Crippen LogP contribution >= 0.6 is 15.9 Å². The van der Waals surface area contributed by atoms with E-state index in [2.05, 4.69) is 36.5 Å². The number of aromatic nitrogens is 2. The van der Waals surface area contributed by atoms with Crippen molar-refractivity contribution >= 4 is 51.7 Å². The van der Waals surface area contributed by atoms with Crippen LogP contribution in [0.4, 0.5) is 11.4 Å². The fourth-order valence-electron chi connectivity index (χ4n) is 7.14. The standard InChI is InChI=1S/C23H20N2O3.C17H15BrN2O3.C6H7BO2/c1-15-19(16-5-3-2-4-6-16)12-18(13-24-15)25-22(26)23(9-10-23)17-7-8-20-21(11-17)28-14-27-20;1-10-13(18)7-12(8-19-10)20-16(21)17(4-5-17)11-2-3-14-15(6-11)23-9-22-14;8-7(9)6-4-2-1-3-5-6/h2-8,11-13H,9-10,14H2,1H3,(H,25,26);2-3,6-8H,4-5,9H2,1H3,(H,20,21);1-5,8-9H. The zero-order valence-corrected chi connectivity index (χ0v) is 34.6. The lowest BCUT2D eigenvalue weighted by Crippen LogP contribution is -2.29. The molecule has 4 aliphatic rings. The van der Waals surface area contributed by atoms with Crippen molar-refractivity contribution in [3.8, 4) is 34.1 Å². The van der Waals surface area contributed by atoms with E-state index in [-0.39, 0.29) is 25.4 Å². The number of rotatable bonds is 8. The average Bonchev–Trinajstić information content (AvgIpc) is 4.16. The summed E-state index contributed by atoms with van der Waals surface area (Å²) in [6.45, 7) is 4.35. The first kappa shape index (κ1) is 40.6. The van der Waals surface area contributed by atoms with E-state index in [9.17, 15) is 9.59 Å². The van der Waals surface area contributed by atoms with Gasteiger partial charge in [-0.15, -0.1) is 0 Å². The van der Waals surface area contributed by atoms with Crippen LogP contribution in [0.1, 0.15) is 48.2 Å². The van der Waals surface area contributed by atoms with Crippen molar-refractivity contribution in [1.82, 2.24) is 9.97 Å². The molecule has 6 aromatic rings. The molecule has 4 aromatic carbocycles. The molecule has 2 amide bonds. The second-order valence-electron chi connectivity index (χ2n) is 15.0. The van der Waals surface area contributed by atoms with Crippen LogP contribution in [-0.2, 0) is 20.4 Å². The van der Waals surface area contributed by atoms with Crippen molar-refractivity contribution in [3.05, 3.63) is 149 Å². The molecule has 2 aromatic heterocycles. The topological polar surface area (TPSA) is 161 Å². The van der Waals surface area contributed by atoms with Gasteiger partial charge in [0.1, 0.15) is 0 Å². The van der Waals surface area contributed by atoms with E-state index in [0.29, 0.717) is 28.3 Å². The minimum Gasteiger partial charge on any atom is -0.454 e. The molecule has 4 heterocycles. The fraction of sp³-hybridized carbons (Fsp3) is 0.217. The van der Waals surface area contributed by atoms with Crippen molar-refractivity contribution < 1.29 is 38.6 Å². The average molecular weight is 870 g/mol. The van der Waals surface area contributed by atoms with E-state index in [1.165, 1.54) is 0 Å². The minimum atomic E-state index is -1.34. The quantitative estimate of drug-likeness (QED) is 0.114. The molecule has 0 radical (unpaired) electrons. The molecule has 14 heteroatoms. The SMILES string of the molecule is Cc1ncc(NC(=O)C2(c3ccc4c(c3)OCO4)CC2)cc1-c1ccccc1.Cc1ncc(NC(=O)C2(c3ccc4c(c3)OCO4)CC2)cc1Br.OB(O)c1ccccc1. The fourth-order valence-corrected chi connectivity index (χ4v) is 7.49. The third-order valence-electron chi connectivity index (χ3n) is 11.0. The molecule has 304 valence electrons. The van der Waals surface area contributed by atoms with Gasteiger partial charge in [0.2, 0.25) is 25.4 Å². The first-order chi connectivity index (χ1) is 29.0. The number of nitrogens with one attached hydrogen (secondary N) is 2. The monoisotopic (exact) mass is 868 g/mol. The third kappa shape index (κ3) is 8.72. The van der Waals surface area contributed by atoms with Gasteiger partial charge >= 0.3 is 7.12 Å². The van der Waals surface area contributed by atoms with Crippen molar-refractivity contribution in [2.75, 3.05) is 24.2 Å². The zero-order chi connectivity index (χ0) is 41.9. The molecule has 2 fully saturated rings. The number of pyridine rings is 2. The van der Waals surface area contributed by atoms with E-state index in [1.807, 2.05) is 98.8 Å². The van der Waals surface area contributed by atoms with Crippen LogP contribution in [0.5, 0.6) is 23.0 Å². The summed E-state index contributed by atoms with van der Waals surface area (Å²) in [4.78, 5) is 34.6. The Morgan fingerprint density at radius 1 is 0.617 bits per heavy atom. The highest BCUT2D eigenvalue weighted by Crippen LogP contribution is 2.52. The molecule has 0 atom stereocenters. The molecule has 2 saturated carbocycles. The van der Waals surface area contributed by atoms with Gasteiger partial charge in [0.05, 0.1) is 40.3 Å². The molecule has 60 heavy (non-hydrogen) atoms. The molecule has 4 N–H and O–H groups in total. The second-order valence-corrected chi connectivity index (χ2v) is 15.9. The molecule has 0 saturated heterocycles. The number of hydrogen-bond acceptors (Lipinski definition) is 10. The molecule has 12 nitrogen and oxygen atoms in total. The Kier molecular flexibility index (Phi) is 11.6. The van der Waals surface area contributed by atoms with Gasteiger partial charge in [-0.25, -0.2) is 0 Å². The maximum Gasteiger partial charge on any atom is 0.488 e. The van der Waals surface area contributed by atoms with Gasteiger partial charge in [-0.1, -0.05) is 72.8 Å². The number of hydrogen-bond donors (Lipinski definition) is 4. The normalized spacial score (nSPS) is 15.3. The Balaban J connectivity index is 0.000000140. The molecule has 2 aliphatic heterocycles. The Morgan fingerprint density at radius 2 is 1.08 bits per heavy atom. The lowest BCUT2D eigenvalue weighted by molar-refractivity contribution is -0.119. The van der Waals surface area contributed by atoms with Gasteiger partial charge in [-0.05, 0) is 114 Å². The lowest BCUT2D eigenvalue weighted by atomic mass is 9.81. The molecule has 0 bridgehead atoms. The van der Waals surface area contributed by atoms with Crippen LogP contribution in [0.2, 0.25) is 0 Å². The van der Waals surface area contributed by atoms with Crippen LogP contribution in [0.3, 0.4) is 0 Å². The summed E-state index contributed by atoms with van der Waals surface area (Å²) in [6, 6.07) is 34.1. The van der Waals surface area contributed by atoms with E-state index in [1.54, 1.807) is 36.7 Å². The predicted octanol–water partition coefficient (Wildman–Crippen LogP) is 7.37. The highest BCUT2D eigenvalue weighted by atomic mass is 79.9. The second kappa shape index (κ2) is 17.2. The van der Waals surface area contributed by atoms with Crippen LogP contribution < -0.4 is 35.0 Å². The van der Waals surface area contributed by atoms with Crippen molar-refractivity contribution in [1.29, 1.82) is 0 Å². The summed E-state index contributed by atoms with van der Waals surface area (Å²) in [6.07, 6.45) is 6.70. The van der Waals surface area contributed by atoms with Crippen LogP contribution in [0.25, 0.3) is 11.1 Å². The number of ether oxygens (including phenoxy) is 4. The number of carbonyl (C=O) groups excluding carboxylic acids is 2. The van der Waals surface area contributed by atoms with E-state index in [4.69, 9.17) is 29.0 Å². The molecule has 10 rings (SSSR count). The minimum absolute atomic E-state index is 0.00368. The molecular weight excluding hydrogens is 827 g/mol. The molecule has 0 spiro atoms. The van der Waals surface area contributed by atoms with Gasteiger partial charge in [0.15, 0.2) is 23.0 Å². The largest absolute Gasteiger partial charge is 0.488 e. The number of amides is 2. The Hall–Kier alpha value is -6.22. The summed E-state index contributed by atoms with van der Waals surface area (Å²) >= 11 is 3.44. The maximum atomic E-state index is 13.1. The van der Waals surface area contributed by atoms with Gasteiger partial charge < -0.3 is 39.6 Å². The smallest absolute Gasteiger partial charge is 0.454 e. The van der Waals surface area contributed by atoms with E-state index >= 15 is 0 Å². The Morgan fingerprint density at radius 3 is 1.55 bits per heavy atom. The summed E-state index contributed by atoms with van der Waals surface area (Å²) in [5.74, 6) is 2.87. The van der Waals surface area contributed by atoms with Crippen LogP contribution in [0.15, 0.2) is 126 Å². The number of aryl methyl sites for hydroxylation is 2. The highest BCUT2D eigenvalue weighted by molar-refractivity contribution is 9.10. The first-order valence-corrected chi connectivity index (χ1v) is 20.3. The predicted molar refractivity (Wildman–Crippen MR) is 232 cm³/mol. The number of benzene rings is 4. The van der Waals surface area contributed by atoms with Crippen LogP contribution in [0, 0.1) is 13.8 Å². The van der Waals surface area contributed by atoms with Gasteiger partial charge in [0.25, 0.3) is 0 Å². The van der Waals surface area contributed by atoms with Crippen molar-refractivity contribution in [2.45, 2.75) is 50.4 Å². The summed E-state index contributed by atoms with van der Waals surface area (Å²) in [5.41, 5.74) is 6.82. The van der Waals surface area contributed by atoms with Crippen molar-refractivity contribution in [3.63, 3.8) is 0 Å². The highest BCUT2D eigenvalue weighted by Gasteiger charge is 2.52. The molecule has 2 aliphatic carbocycles. The number of carbonyl (C=O) groups is 2. The van der Waals surface area contributed by atoms with Gasteiger partial charge in [-0.3, -0.25) is 19.6 Å². The number of fused-ring (bicyclic) bond motifs is 2. The Labute approximate surface area is 356 Å². The number of halogens is 1. The summed E-state index contributed by atoms with van der Waals surface area (Å²) < 4.78 is 22.5. The number of nitrogens with zero attached hydrogens (tertiary/aromatic N) is 2. The van der Waals surface area contributed by atoms with E-state index < -0.39 is 17.9 Å². The third-order valence-corrected chi connectivity index (χ3v) is 11.8. The molecular formula is C46H42BBrN4O8. The maximum absolute atomic E-state index is 13.1. The van der Waals surface area contributed by atoms with E-state index in [0.717, 1.165) is 75.3 Å². The van der Waals surface area contributed by atoms with Crippen LogP contribution in [-0.4, -0.2) is 52.5 Å². The lowest BCUT2D eigenvalue weighted by Gasteiger charge is -2.17. The van der Waals surface area contributed by atoms with Gasteiger partial charge in [0, 0.05) is 15.7 Å². The first-order valence-electron chi connectivity index (χ1n) is 19.5. The van der Waals surface area contributed by atoms with Gasteiger partial charge in [-0.2, -0.15) is 0 Å².